The second kappa shape index (κ2) is 10.2. The van der Waals surface area contributed by atoms with Gasteiger partial charge >= 0.3 is 0 Å². The van der Waals surface area contributed by atoms with Crippen molar-refractivity contribution < 1.29 is 18.7 Å². The van der Waals surface area contributed by atoms with E-state index in [1.807, 2.05) is 62.4 Å². The summed E-state index contributed by atoms with van der Waals surface area (Å²) in [6.07, 6.45) is 0. The van der Waals surface area contributed by atoms with E-state index in [9.17, 15) is 9.59 Å². The highest BCUT2D eigenvalue weighted by Crippen LogP contribution is 2.23. The number of benzene rings is 3. The Kier molecular flexibility index (Phi) is 6.89. The van der Waals surface area contributed by atoms with Crippen molar-refractivity contribution in [3.63, 3.8) is 0 Å². The van der Waals surface area contributed by atoms with E-state index >= 15 is 0 Å². The van der Waals surface area contributed by atoms with Crippen molar-refractivity contribution in [2.24, 2.45) is 0 Å². The number of furan rings is 1. The largest absolute Gasteiger partial charge is 0.484 e. The van der Waals surface area contributed by atoms with Crippen LogP contribution in [-0.2, 0) is 4.79 Å². The lowest BCUT2D eigenvalue weighted by Gasteiger charge is -2.13. The molecule has 1 heterocycles. The van der Waals surface area contributed by atoms with Gasteiger partial charge in [-0.3, -0.25) is 14.9 Å². The quantitative estimate of drug-likeness (QED) is 0.334. The van der Waals surface area contributed by atoms with Gasteiger partial charge in [0.15, 0.2) is 17.5 Å². The van der Waals surface area contributed by atoms with Crippen molar-refractivity contribution in [3.8, 4) is 5.75 Å². The smallest absolute Gasteiger partial charge is 0.291 e. The van der Waals surface area contributed by atoms with E-state index in [1.54, 1.807) is 24.3 Å². The van der Waals surface area contributed by atoms with E-state index in [4.69, 9.17) is 21.4 Å². The fraction of sp³-hybridized carbons (Fsp3) is 0.115. The Balaban J connectivity index is 1.31. The zero-order valence-electron chi connectivity index (χ0n) is 18.7. The van der Waals surface area contributed by atoms with E-state index in [1.165, 1.54) is 0 Å². The lowest BCUT2D eigenvalue weighted by Crippen LogP contribution is -2.37. The maximum atomic E-state index is 12.6. The predicted molar refractivity (Wildman–Crippen MR) is 136 cm³/mol. The topological polar surface area (TPSA) is 92.6 Å². The molecule has 8 heteroatoms. The molecule has 0 radical (unpaired) electrons. The maximum absolute atomic E-state index is 12.6. The molecule has 0 saturated carbocycles. The molecule has 0 aliphatic heterocycles. The molecule has 0 unspecified atom stereocenters. The number of hydrogen-bond acceptors (Lipinski definition) is 5. The molecule has 172 valence electrons. The first kappa shape index (κ1) is 23.0. The highest BCUT2D eigenvalue weighted by atomic mass is 32.1. The van der Waals surface area contributed by atoms with Crippen LogP contribution in [0, 0.1) is 13.8 Å². The van der Waals surface area contributed by atoms with Crippen LogP contribution in [0.2, 0.25) is 0 Å². The van der Waals surface area contributed by atoms with Gasteiger partial charge in [0, 0.05) is 16.8 Å². The normalized spacial score (nSPS) is 10.5. The molecule has 4 aromatic rings. The van der Waals surface area contributed by atoms with Crippen LogP contribution in [-0.4, -0.2) is 23.5 Å². The zero-order chi connectivity index (χ0) is 24.1. The number of rotatable bonds is 6. The molecule has 7 nitrogen and oxygen atoms in total. The van der Waals surface area contributed by atoms with Crippen LogP contribution in [0.3, 0.4) is 0 Å². The number of anilines is 2. The first-order valence-electron chi connectivity index (χ1n) is 10.6. The van der Waals surface area contributed by atoms with Crippen molar-refractivity contribution in [2.75, 3.05) is 17.2 Å². The Bertz CT molecular complexity index is 1350. The van der Waals surface area contributed by atoms with Crippen LogP contribution in [0.5, 0.6) is 5.75 Å². The number of fused-ring (bicyclic) bond motifs is 1. The lowest BCUT2D eigenvalue weighted by molar-refractivity contribution is -0.121. The number of aryl methyl sites for hydroxylation is 2. The number of ether oxygens (including phenoxy) is 1. The summed E-state index contributed by atoms with van der Waals surface area (Å²) in [7, 11) is 0. The minimum atomic E-state index is -0.370. The summed E-state index contributed by atoms with van der Waals surface area (Å²) in [5.41, 5.74) is 3.82. The van der Waals surface area contributed by atoms with Gasteiger partial charge in [0.25, 0.3) is 11.8 Å². The molecule has 0 aliphatic rings. The van der Waals surface area contributed by atoms with Crippen LogP contribution < -0.4 is 20.7 Å². The van der Waals surface area contributed by atoms with Gasteiger partial charge in [-0.15, -0.1) is 0 Å². The average molecular weight is 474 g/mol. The van der Waals surface area contributed by atoms with Crippen molar-refractivity contribution in [2.45, 2.75) is 13.8 Å². The van der Waals surface area contributed by atoms with Crippen LogP contribution in [0.15, 0.2) is 77.2 Å². The van der Waals surface area contributed by atoms with Crippen molar-refractivity contribution in [1.82, 2.24) is 5.32 Å². The number of nitrogens with one attached hydrogen (secondary N) is 3. The molecule has 0 atom stereocenters. The van der Waals surface area contributed by atoms with Gasteiger partial charge in [-0.2, -0.15) is 0 Å². The third-order valence-corrected chi connectivity index (χ3v) is 5.20. The molecule has 0 fully saturated rings. The first-order chi connectivity index (χ1) is 16.4. The van der Waals surface area contributed by atoms with Gasteiger partial charge in [-0.25, -0.2) is 0 Å². The molecule has 34 heavy (non-hydrogen) atoms. The molecule has 0 bridgehead atoms. The Morgan fingerprint density at radius 2 is 1.76 bits per heavy atom. The van der Waals surface area contributed by atoms with Gasteiger partial charge < -0.3 is 19.8 Å². The molecular formula is C26H23N3O4S. The van der Waals surface area contributed by atoms with Gasteiger partial charge in [0.2, 0.25) is 0 Å². The van der Waals surface area contributed by atoms with Crippen molar-refractivity contribution >= 4 is 51.5 Å². The second-order valence-corrected chi connectivity index (χ2v) is 8.15. The maximum Gasteiger partial charge on any atom is 0.291 e. The van der Waals surface area contributed by atoms with Crippen molar-refractivity contribution in [1.29, 1.82) is 0 Å². The number of carbonyl (C=O) groups is 2. The minimum Gasteiger partial charge on any atom is -0.484 e. The Hall–Kier alpha value is -4.17. The van der Waals surface area contributed by atoms with Gasteiger partial charge in [0.05, 0.1) is 0 Å². The zero-order valence-corrected chi connectivity index (χ0v) is 19.5. The predicted octanol–water partition coefficient (Wildman–Crippen LogP) is 5.19. The summed E-state index contributed by atoms with van der Waals surface area (Å²) >= 11 is 5.22. The summed E-state index contributed by atoms with van der Waals surface area (Å²) in [5, 5.41) is 9.42. The number of hydrogen-bond donors (Lipinski definition) is 3. The number of para-hydroxylation sites is 1. The molecule has 0 spiro atoms. The van der Waals surface area contributed by atoms with Crippen molar-refractivity contribution in [3.05, 3.63) is 89.7 Å². The standard InChI is InChI=1S/C26H23N3O4S/c1-16-6-5-8-20(12-16)32-15-24(30)29-26(34)27-19-10-11-21(17(2)13-19)28-25(31)23-14-18-7-3-4-9-22(18)33-23/h3-14H,15H2,1-2H3,(H,28,31)(H2,27,29,30,34). The number of carbonyl (C=O) groups excluding carboxylic acids is 2. The van der Waals surface area contributed by atoms with E-state index < -0.39 is 0 Å². The summed E-state index contributed by atoms with van der Waals surface area (Å²) in [6.45, 7) is 3.65. The summed E-state index contributed by atoms with van der Waals surface area (Å²) in [6, 6.07) is 21.9. The van der Waals surface area contributed by atoms with Crippen LogP contribution in [0.4, 0.5) is 11.4 Å². The Labute approximate surface area is 202 Å². The fourth-order valence-electron chi connectivity index (χ4n) is 3.34. The molecule has 1 aromatic heterocycles. The van der Waals surface area contributed by atoms with Gasteiger partial charge in [0.1, 0.15) is 11.3 Å². The molecule has 0 saturated heterocycles. The highest BCUT2D eigenvalue weighted by Gasteiger charge is 2.14. The van der Waals surface area contributed by atoms with E-state index in [-0.39, 0.29) is 29.3 Å². The minimum absolute atomic E-state index is 0.149. The van der Waals surface area contributed by atoms with Crippen LogP contribution in [0.25, 0.3) is 11.0 Å². The second-order valence-electron chi connectivity index (χ2n) is 7.74. The molecule has 0 aliphatic carbocycles. The molecule has 3 aromatic carbocycles. The number of amides is 2. The van der Waals surface area contributed by atoms with Gasteiger partial charge in [-0.05, 0) is 79.7 Å². The summed E-state index contributed by atoms with van der Waals surface area (Å²) in [4.78, 5) is 24.7. The van der Waals surface area contributed by atoms with Crippen LogP contribution in [0.1, 0.15) is 21.7 Å². The third-order valence-electron chi connectivity index (χ3n) is 4.99. The average Bonchev–Trinajstić information content (AvgIpc) is 3.24. The molecule has 3 N–H and O–H groups in total. The summed E-state index contributed by atoms with van der Waals surface area (Å²) in [5.74, 6) is 0.145. The first-order valence-corrected chi connectivity index (χ1v) is 11.0. The Morgan fingerprint density at radius 1 is 0.941 bits per heavy atom. The van der Waals surface area contributed by atoms with E-state index in [2.05, 4.69) is 16.0 Å². The highest BCUT2D eigenvalue weighted by molar-refractivity contribution is 7.80. The SMILES string of the molecule is Cc1cccc(OCC(=O)NC(=S)Nc2ccc(NC(=O)c3cc4ccccc4o3)c(C)c2)c1. The molecule has 4 rings (SSSR count). The van der Waals surface area contributed by atoms with Gasteiger partial charge in [-0.1, -0.05) is 30.3 Å². The van der Waals surface area contributed by atoms with E-state index in [0.717, 1.165) is 16.5 Å². The van der Waals surface area contributed by atoms with E-state index in [0.29, 0.717) is 22.7 Å². The van der Waals surface area contributed by atoms with Crippen LogP contribution >= 0.6 is 12.2 Å². The lowest BCUT2D eigenvalue weighted by atomic mass is 10.1. The molecule has 2 amide bonds. The Morgan fingerprint density at radius 3 is 2.53 bits per heavy atom. The third kappa shape index (κ3) is 5.79. The summed E-state index contributed by atoms with van der Waals surface area (Å²) < 4.78 is 11.1. The monoisotopic (exact) mass is 473 g/mol. The number of thiocarbonyl (C=S) groups is 1. The molecular weight excluding hydrogens is 450 g/mol. The fourth-order valence-corrected chi connectivity index (χ4v) is 3.57.